The third-order valence-electron chi connectivity index (χ3n) is 4.35. The molecular formula is C19H25NO4. The van der Waals surface area contributed by atoms with E-state index in [4.69, 9.17) is 4.74 Å². The second-order valence-electron chi connectivity index (χ2n) is 6.48. The monoisotopic (exact) mass is 331 g/mol. The number of aliphatic hydroxyl groups is 1. The van der Waals surface area contributed by atoms with E-state index in [-0.39, 0.29) is 18.6 Å². The standard InChI is InChI=1S/C19H25NO4/c1-13(2)9-10-17(21)14(3)18(22)20-16(12-24-19(20)23)11-15-7-5-4-6-8-15/h4-8,14,16-17,21H,1,9-12H2,2-3H3/t14-,16-,17+/m1/s1. The van der Waals surface area contributed by atoms with Gasteiger partial charge < -0.3 is 9.84 Å². The molecule has 1 saturated heterocycles. The van der Waals surface area contributed by atoms with E-state index in [2.05, 4.69) is 6.58 Å². The average Bonchev–Trinajstić information content (AvgIpc) is 2.92. The third-order valence-corrected chi connectivity index (χ3v) is 4.35. The van der Waals surface area contributed by atoms with Crippen molar-refractivity contribution in [2.75, 3.05) is 6.61 Å². The number of aliphatic hydroxyl groups excluding tert-OH is 1. The van der Waals surface area contributed by atoms with Crippen LogP contribution in [0.5, 0.6) is 0 Å². The van der Waals surface area contributed by atoms with E-state index in [1.807, 2.05) is 37.3 Å². The first-order valence-corrected chi connectivity index (χ1v) is 8.26. The van der Waals surface area contributed by atoms with Crippen LogP contribution >= 0.6 is 0 Å². The van der Waals surface area contributed by atoms with Crippen molar-refractivity contribution in [3.05, 3.63) is 48.0 Å². The minimum absolute atomic E-state index is 0.189. The number of hydrogen-bond acceptors (Lipinski definition) is 4. The van der Waals surface area contributed by atoms with E-state index in [0.29, 0.717) is 19.3 Å². The minimum Gasteiger partial charge on any atom is -0.447 e. The summed E-state index contributed by atoms with van der Waals surface area (Å²) in [5.41, 5.74) is 1.99. The molecule has 1 N–H and O–H groups in total. The fourth-order valence-electron chi connectivity index (χ4n) is 2.80. The maximum atomic E-state index is 12.7. The minimum atomic E-state index is -0.806. The third kappa shape index (κ3) is 4.45. The zero-order valence-electron chi connectivity index (χ0n) is 14.3. The molecule has 0 aromatic heterocycles. The molecule has 130 valence electrons. The van der Waals surface area contributed by atoms with Crippen LogP contribution in [0.1, 0.15) is 32.3 Å². The van der Waals surface area contributed by atoms with Crippen LogP contribution < -0.4 is 0 Å². The van der Waals surface area contributed by atoms with Crippen LogP contribution in [0, 0.1) is 5.92 Å². The van der Waals surface area contributed by atoms with Gasteiger partial charge in [0.25, 0.3) is 0 Å². The first kappa shape index (κ1) is 18.2. The predicted octanol–water partition coefficient (Wildman–Crippen LogP) is 2.93. The van der Waals surface area contributed by atoms with Gasteiger partial charge in [0.05, 0.1) is 18.1 Å². The van der Waals surface area contributed by atoms with Crippen molar-refractivity contribution < 1.29 is 19.4 Å². The van der Waals surface area contributed by atoms with Crippen molar-refractivity contribution in [2.45, 2.75) is 45.3 Å². The smallest absolute Gasteiger partial charge is 0.416 e. The van der Waals surface area contributed by atoms with Gasteiger partial charge in [0, 0.05) is 0 Å². The molecule has 1 heterocycles. The molecule has 1 aromatic rings. The quantitative estimate of drug-likeness (QED) is 0.780. The average molecular weight is 331 g/mol. The molecule has 0 aliphatic carbocycles. The van der Waals surface area contributed by atoms with Gasteiger partial charge in [-0.15, -0.1) is 6.58 Å². The second kappa shape index (κ2) is 8.11. The Bertz CT molecular complexity index is 599. The van der Waals surface area contributed by atoms with Crippen molar-refractivity contribution in [2.24, 2.45) is 5.92 Å². The fraction of sp³-hybridized carbons (Fsp3) is 0.474. The van der Waals surface area contributed by atoms with E-state index < -0.39 is 18.1 Å². The number of hydrogen-bond donors (Lipinski definition) is 1. The molecule has 5 nitrogen and oxygen atoms in total. The largest absolute Gasteiger partial charge is 0.447 e. The summed E-state index contributed by atoms with van der Waals surface area (Å²) in [4.78, 5) is 25.9. The molecule has 2 amide bonds. The summed E-state index contributed by atoms with van der Waals surface area (Å²) in [6.07, 6.45) is 0.220. The molecule has 0 saturated carbocycles. The van der Waals surface area contributed by atoms with Gasteiger partial charge in [-0.25, -0.2) is 9.69 Å². The Balaban J connectivity index is 2.04. The van der Waals surface area contributed by atoms with Crippen LogP contribution in [0.3, 0.4) is 0 Å². The summed E-state index contributed by atoms with van der Waals surface area (Å²) >= 11 is 0. The van der Waals surface area contributed by atoms with Crippen LogP contribution in [0.15, 0.2) is 42.5 Å². The highest BCUT2D eigenvalue weighted by Crippen LogP contribution is 2.22. The van der Waals surface area contributed by atoms with E-state index in [0.717, 1.165) is 11.1 Å². The van der Waals surface area contributed by atoms with Crippen molar-refractivity contribution in [3.8, 4) is 0 Å². The predicted molar refractivity (Wildman–Crippen MR) is 91.3 cm³/mol. The Morgan fingerprint density at radius 2 is 2.08 bits per heavy atom. The van der Waals surface area contributed by atoms with Crippen LogP contribution in [-0.2, 0) is 16.0 Å². The summed E-state index contributed by atoms with van der Waals surface area (Å²) in [6.45, 7) is 7.52. The lowest BCUT2D eigenvalue weighted by Crippen LogP contribution is -2.45. The van der Waals surface area contributed by atoms with Crippen molar-refractivity contribution in [1.82, 2.24) is 4.90 Å². The molecule has 1 aromatic carbocycles. The second-order valence-corrected chi connectivity index (χ2v) is 6.48. The first-order valence-electron chi connectivity index (χ1n) is 8.26. The molecule has 1 fully saturated rings. The van der Waals surface area contributed by atoms with Gasteiger partial charge in [0.2, 0.25) is 5.91 Å². The Morgan fingerprint density at radius 3 is 2.71 bits per heavy atom. The number of benzene rings is 1. The Kier molecular flexibility index (Phi) is 6.15. The van der Waals surface area contributed by atoms with E-state index in [1.54, 1.807) is 6.92 Å². The van der Waals surface area contributed by atoms with Gasteiger partial charge in [-0.1, -0.05) is 42.8 Å². The number of nitrogens with zero attached hydrogens (tertiary/aromatic N) is 1. The van der Waals surface area contributed by atoms with E-state index in [9.17, 15) is 14.7 Å². The normalized spacial score (nSPS) is 19.7. The first-order chi connectivity index (χ1) is 11.4. The summed E-state index contributed by atoms with van der Waals surface area (Å²) in [5, 5.41) is 10.2. The molecule has 0 radical (unpaired) electrons. The highest BCUT2D eigenvalue weighted by atomic mass is 16.6. The number of carbonyl (C=O) groups excluding carboxylic acids is 2. The Labute approximate surface area is 142 Å². The maximum Gasteiger partial charge on any atom is 0.416 e. The Hall–Kier alpha value is -2.14. The van der Waals surface area contributed by atoms with Crippen LogP contribution in [-0.4, -0.2) is 40.8 Å². The summed E-state index contributed by atoms with van der Waals surface area (Å²) < 4.78 is 5.07. The zero-order chi connectivity index (χ0) is 17.7. The van der Waals surface area contributed by atoms with Crippen LogP contribution in [0.4, 0.5) is 4.79 Å². The van der Waals surface area contributed by atoms with E-state index >= 15 is 0 Å². The van der Waals surface area contributed by atoms with Crippen molar-refractivity contribution >= 4 is 12.0 Å². The van der Waals surface area contributed by atoms with E-state index in [1.165, 1.54) is 4.90 Å². The molecular weight excluding hydrogens is 306 g/mol. The lowest BCUT2D eigenvalue weighted by Gasteiger charge is -2.25. The van der Waals surface area contributed by atoms with Crippen LogP contribution in [0.2, 0.25) is 0 Å². The van der Waals surface area contributed by atoms with Crippen molar-refractivity contribution in [3.63, 3.8) is 0 Å². The number of carbonyl (C=O) groups is 2. The van der Waals surface area contributed by atoms with Gasteiger partial charge in [0.15, 0.2) is 0 Å². The Morgan fingerprint density at radius 1 is 1.42 bits per heavy atom. The van der Waals surface area contributed by atoms with Crippen molar-refractivity contribution in [1.29, 1.82) is 0 Å². The highest BCUT2D eigenvalue weighted by molar-refractivity contribution is 5.94. The molecule has 5 heteroatoms. The lowest BCUT2D eigenvalue weighted by molar-refractivity contribution is -0.136. The molecule has 0 spiro atoms. The highest BCUT2D eigenvalue weighted by Gasteiger charge is 2.41. The topological polar surface area (TPSA) is 66.8 Å². The summed E-state index contributed by atoms with van der Waals surface area (Å²) in [7, 11) is 0. The lowest BCUT2D eigenvalue weighted by atomic mass is 9.96. The molecule has 1 aliphatic rings. The zero-order valence-corrected chi connectivity index (χ0v) is 14.3. The molecule has 3 atom stereocenters. The number of imide groups is 1. The van der Waals surface area contributed by atoms with Crippen LogP contribution in [0.25, 0.3) is 0 Å². The SMILES string of the molecule is C=C(C)CC[C@H](O)[C@@H](C)C(=O)N1C(=O)OC[C@H]1Cc1ccccc1. The maximum absolute atomic E-state index is 12.7. The summed E-state index contributed by atoms with van der Waals surface area (Å²) in [6, 6.07) is 9.34. The van der Waals surface area contributed by atoms with Gasteiger partial charge >= 0.3 is 6.09 Å². The molecule has 1 aliphatic heterocycles. The van der Waals surface area contributed by atoms with Gasteiger partial charge in [-0.05, 0) is 31.7 Å². The van der Waals surface area contributed by atoms with Gasteiger partial charge in [-0.2, -0.15) is 0 Å². The number of allylic oxidation sites excluding steroid dienone is 1. The number of cyclic esters (lactones) is 1. The number of ether oxygens (including phenoxy) is 1. The number of amides is 2. The summed E-state index contributed by atoms with van der Waals surface area (Å²) in [5.74, 6) is -1.04. The fourth-order valence-corrected chi connectivity index (χ4v) is 2.80. The number of rotatable bonds is 7. The van der Waals surface area contributed by atoms with Gasteiger partial charge in [-0.3, -0.25) is 4.79 Å². The molecule has 0 bridgehead atoms. The molecule has 0 unspecified atom stereocenters. The molecule has 2 rings (SSSR count). The molecule has 24 heavy (non-hydrogen) atoms. The van der Waals surface area contributed by atoms with Gasteiger partial charge in [0.1, 0.15) is 6.61 Å².